The predicted molar refractivity (Wildman–Crippen MR) is 62.2 cm³/mol. The van der Waals surface area contributed by atoms with Crippen LogP contribution in [-0.2, 0) is 10.5 Å². The number of aryl methyl sites for hydroxylation is 1. The summed E-state index contributed by atoms with van der Waals surface area (Å²) in [7, 11) is 0. The maximum absolute atomic E-state index is 10.8. The number of rotatable bonds is 5. The molecule has 0 amide bonds. The molecule has 1 rings (SSSR count). The molecule has 0 bridgehead atoms. The first-order valence-corrected chi connectivity index (χ1v) is 5.86. The molecule has 0 saturated carbocycles. The monoisotopic (exact) mass is 244 g/mol. The minimum absolute atomic E-state index is 0.543. The Hall–Kier alpha value is -1.01. The Bertz CT molecular complexity index is 376. The number of aromatic nitrogens is 1. The summed E-state index contributed by atoms with van der Waals surface area (Å²) in [5, 5.41) is 12.7. The first kappa shape index (κ1) is 13.1. The maximum Gasteiger partial charge on any atom is 0.321 e. The van der Waals surface area contributed by atoms with Gasteiger partial charge in [0.05, 0.1) is 5.69 Å². The van der Waals surface area contributed by atoms with E-state index in [1.807, 2.05) is 26.8 Å². The van der Waals surface area contributed by atoms with E-state index in [9.17, 15) is 4.79 Å². The number of carboxylic acids is 1. The second kappa shape index (κ2) is 4.88. The van der Waals surface area contributed by atoms with Crippen LogP contribution in [0.3, 0.4) is 0 Å². The normalized spacial score (nSPS) is 13.8. The molecule has 6 heteroatoms. The summed E-state index contributed by atoms with van der Waals surface area (Å²) in [6, 6.07) is 0.931. The number of hydrogen-bond acceptors (Lipinski definition) is 5. The zero-order chi connectivity index (χ0) is 12.3. The van der Waals surface area contributed by atoms with Crippen LogP contribution in [-0.4, -0.2) is 27.0 Å². The quantitative estimate of drug-likeness (QED) is 0.814. The van der Waals surface area contributed by atoms with Gasteiger partial charge in [-0.25, -0.2) is 0 Å². The van der Waals surface area contributed by atoms with Gasteiger partial charge in [0.15, 0.2) is 0 Å². The molecule has 0 fully saturated rings. The topological polar surface area (TPSA) is 89.4 Å². The van der Waals surface area contributed by atoms with E-state index < -0.39 is 16.8 Å². The zero-order valence-corrected chi connectivity index (χ0v) is 10.4. The van der Waals surface area contributed by atoms with Crippen LogP contribution in [0.25, 0.3) is 0 Å². The largest absolute Gasteiger partial charge is 0.480 e. The number of thioether (sulfide) groups is 1. The average molecular weight is 244 g/mol. The van der Waals surface area contributed by atoms with Crippen LogP contribution in [0.1, 0.15) is 25.3 Å². The summed E-state index contributed by atoms with van der Waals surface area (Å²) in [4.78, 5) is 10.8. The molecular weight excluding hydrogens is 228 g/mol. The highest BCUT2D eigenvalue weighted by Gasteiger charge is 2.32. The first-order valence-electron chi connectivity index (χ1n) is 4.87. The molecule has 0 unspecified atom stereocenters. The molecule has 1 aromatic rings. The Morgan fingerprint density at radius 3 is 2.81 bits per heavy atom. The van der Waals surface area contributed by atoms with Crippen molar-refractivity contribution in [3.05, 3.63) is 17.5 Å². The molecule has 1 heterocycles. The number of aliphatic carboxylic acids is 1. The summed E-state index contributed by atoms with van der Waals surface area (Å²) in [5.41, 5.74) is 6.40. The summed E-state index contributed by atoms with van der Waals surface area (Å²) in [5.74, 6) is 0.343. The van der Waals surface area contributed by atoms with Gasteiger partial charge >= 0.3 is 5.97 Å². The van der Waals surface area contributed by atoms with Crippen molar-refractivity contribution in [2.75, 3.05) is 0 Å². The smallest absolute Gasteiger partial charge is 0.321 e. The van der Waals surface area contributed by atoms with Crippen molar-refractivity contribution in [3.63, 3.8) is 0 Å². The van der Waals surface area contributed by atoms with Crippen LogP contribution in [0.4, 0.5) is 0 Å². The second-order valence-corrected chi connectivity index (χ2v) is 5.77. The second-order valence-electron chi connectivity index (χ2n) is 4.14. The van der Waals surface area contributed by atoms with Gasteiger partial charge in [-0.3, -0.25) is 4.79 Å². The SMILES string of the molecule is Cc1cc(CSC(C)(C)[C@@H](N)C(=O)O)no1. The van der Waals surface area contributed by atoms with Crippen LogP contribution >= 0.6 is 11.8 Å². The minimum atomic E-state index is -0.992. The van der Waals surface area contributed by atoms with Gasteiger partial charge in [-0.1, -0.05) is 5.16 Å². The summed E-state index contributed by atoms with van der Waals surface area (Å²) < 4.78 is 4.38. The molecule has 0 aliphatic rings. The Kier molecular flexibility index (Phi) is 3.98. The molecular formula is C10H16N2O3S. The fourth-order valence-electron chi connectivity index (χ4n) is 1.13. The predicted octanol–water partition coefficient (Wildman–Crippen LogP) is 1.41. The molecule has 1 aromatic heterocycles. The van der Waals surface area contributed by atoms with E-state index in [4.69, 9.17) is 15.4 Å². The molecule has 16 heavy (non-hydrogen) atoms. The van der Waals surface area contributed by atoms with Gasteiger partial charge < -0.3 is 15.4 Å². The number of hydrogen-bond donors (Lipinski definition) is 2. The first-order chi connectivity index (χ1) is 7.33. The van der Waals surface area contributed by atoms with Gasteiger partial charge in [-0.15, -0.1) is 11.8 Å². The van der Waals surface area contributed by atoms with Crippen molar-refractivity contribution in [1.82, 2.24) is 5.16 Å². The van der Waals surface area contributed by atoms with Crippen LogP contribution in [0.2, 0.25) is 0 Å². The summed E-state index contributed by atoms with van der Waals surface area (Å²) >= 11 is 1.45. The Morgan fingerprint density at radius 2 is 2.38 bits per heavy atom. The molecule has 0 radical (unpaired) electrons. The molecule has 3 N–H and O–H groups in total. The molecule has 5 nitrogen and oxygen atoms in total. The van der Waals surface area contributed by atoms with Gasteiger partial charge in [0.1, 0.15) is 11.8 Å². The van der Waals surface area contributed by atoms with Gasteiger partial charge in [0.2, 0.25) is 0 Å². The van der Waals surface area contributed by atoms with Crippen LogP contribution < -0.4 is 5.73 Å². The number of nitrogens with zero attached hydrogens (tertiary/aromatic N) is 1. The maximum atomic E-state index is 10.8. The third-order valence-electron chi connectivity index (χ3n) is 2.28. The highest BCUT2D eigenvalue weighted by atomic mass is 32.2. The van der Waals surface area contributed by atoms with E-state index in [2.05, 4.69) is 5.16 Å². The van der Waals surface area contributed by atoms with Crippen molar-refractivity contribution >= 4 is 17.7 Å². The van der Waals surface area contributed by atoms with Crippen molar-refractivity contribution in [1.29, 1.82) is 0 Å². The van der Waals surface area contributed by atoms with Crippen molar-refractivity contribution in [2.24, 2.45) is 5.73 Å². The standard InChI is InChI=1S/C10H16N2O3S/c1-6-4-7(12-15-6)5-16-10(2,3)8(11)9(13)14/h4,8H,5,11H2,1-3H3,(H,13,14)/t8-/m0/s1. The molecule has 1 atom stereocenters. The lowest BCUT2D eigenvalue weighted by atomic mass is 10.1. The molecule has 0 aromatic carbocycles. The molecule has 90 valence electrons. The van der Waals surface area contributed by atoms with Crippen LogP contribution in [0.15, 0.2) is 10.6 Å². The van der Waals surface area contributed by atoms with E-state index in [1.165, 1.54) is 11.8 Å². The fourth-order valence-corrected chi connectivity index (χ4v) is 2.07. The molecule has 0 aliphatic carbocycles. The van der Waals surface area contributed by atoms with E-state index in [0.717, 1.165) is 11.5 Å². The molecule has 0 spiro atoms. The Balaban J connectivity index is 2.57. The summed E-state index contributed by atoms with van der Waals surface area (Å²) in [6.07, 6.45) is 0. The third-order valence-corrected chi connectivity index (χ3v) is 3.72. The van der Waals surface area contributed by atoms with Gasteiger partial charge in [-0.05, 0) is 20.8 Å². The van der Waals surface area contributed by atoms with Crippen molar-refractivity contribution < 1.29 is 14.4 Å². The average Bonchev–Trinajstić information content (AvgIpc) is 2.60. The summed E-state index contributed by atoms with van der Waals surface area (Å²) in [6.45, 7) is 5.43. The van der Waals surface area contributed by atoms with E-state index in [0.29, 0.717) is 5.75 Å². The highest BCUT2D eigenvalue weighted by Crippen LogP contribution is 2.30. The highest BCUT2D eigenvalue weighted by molar-refractivity contribution is 7.99. The lowest BCUT2D eigenvalue weighted by molar-refractivity contribution is -0.139. The third kappa shape index (κ3) is 3.24. The number of nitrogens with two attached hydrogens (primary N) is 1. The minimum Gasteiger partial charge on any atom is -0.480 e. The van der Waals surface area contributed by atoms with E-state index in [-0.39, 0.29) is 0 Å². The van der Waals surface area contributed by atoms with E-state index in [1.54, 1.807) is 0 Å². The Labute approximate surface area is 98.4 Å². The zero-order valence-electron chi connectivity index (χ0n) is 9.56. The number of carboxylic acid groups (broad SMARTS) is 1. The van der Waals surface area contributed by atoms with E-state index >= 15 is 0 Å². The van der Waals surface area contributed by atoms with Crippen molar-refractivity contribution in [3.8, 4) is 0 Å². The van der Waals surface area contributed by atoms with Crippen molar-refractivity contribution in [2.45, 2.75) is 37.3 Å². The molecule has 0 aliphatic heterocycles. The van der Waals surface area contributed by atoms with Gasteiger partial charge in [-0.2, -0.15) is 0 Å². The van der Waals surface area contributed by atoms with Crippen LogP contribution in [0, 0.1) is 6.92 Å². The Morgan fingerprint density at radius 1 is 1.75 bits per heavy atom. The number of carbonyl (C=O) groups is 1. The lowest BCUT2D eigenvalue weighted by Gasteiger charge is -2.27. The van der Waals surface area contributed by atoms with Crippen LogP contribution in [0.5, 0.6) is 0 Å². The lowest BCUT2D eigenvalue weighted by Crippen LogP contribution is -2.46. The molecule has 0 saturated heterocycles. The van der Waals surface area contributed by atoms with Gasteiger partial charge in [0.25, 0.3) is 0 Å². The fraction of sp³-hybridized carbons (Fsp3) is 0.600. The van der Waals surface area contributed by atoms with Gasteiger partial charge in [0, 0.05) is 16.6 Å².